The monoisotopic (exact) mass is 311 g/mol. The first-order valence-corrected chi connectivity index (χ1v) is 6.66. The number of hydrogen-bond acceptors (Lipinski definition) is 4. The third-order valence-corrected chi connectivity index (χ3v) is 3.32. The Balaban J connectivity index is 1.81. The van der Waals surface area contributed by atoms with Crippen molar-refractivity contribution in [2.45, 2.75) is 19.6 Å². The van der Waals surface area contributed by atoms with Crippen molar-refractivity contribution >= 4 is 5.82 Å². The molecule has 0 radical (unpaired) electrons. The molecule has 0 atom stereocenters. The van der Waals surface area contributed by atoms with E-state index in [9.17, 15) is 18.0 Å². The highest BCUT2D eigenvalue weighted by molar-refractivity contribution is 5.40. The first kappa shape index (κ1) is 14.4. The fraction of sp³-hybridized carbons (Fsp3) is 0.286. The topological polar surface area (TPSA) is 56.1 Å². The van der Waals surface area contributed by atoms with Crippen molar-refractivity contribution in [3.05, 3.63) is 51.7 Å². The molecule has 0 saturated carbocycles. The number of hydrogen-bond donors (Lipinski definition) is 1. The van der Waals surface area contributed by atoms with E-state index in [-0.39, 0.29) is 18.1 Å². The molecule has 2 aromatic rings. The molecule has 3 rings (SSSR count). The molecule has 5 nitrogen and oxygen atoms in total. The zero-order valence-corrected chi connectivity index (χ0v) is 11.4. The smallest absolute Gasteiger partial charge is 0.352 e. The average molecular weight is 311 g/mol. The largest absolute Gasteiger partial charge is 0.472 e. The molecule has 22 heavy (non-hydrogen) atoms. The zero-order chi connectivity index (χ0) is 15.7. The molecule has 0 amide bonds. The lowest BCUT2D eigenvalue weighted by molar-refractivity contribution is 0.283. The van der Waals surface area contributed by atoms with Crippen molar-refractivity contribution in [1.82, 2.24) is 9.55 Å². The van der Waals surface area contributed by atoms with Crippen molar-refractivity contribution in [2.24, 2.45) is 0 Å². The van der Waals surface area contributed by atoms with E-state index in [0.29, 0.717) is 24.5 Å². The number of benzene rings is 1. The Morgan fingerprint density at radius 2 is 1.95 bits per heavy atom. The molecule has 0 unspecified atom stereocenters. The maximum absolute atomic E-state index is 13.5. The number of aromatic nitrogens is 2. The van der Waals surface area contributed by atoms with Gasteiger partial charge < -0.3 is 10.1 Å². The zero-order valence-electron chi connectivity index (χ0n) is 11.4. The van der Waals surface area contributed by atoms with Crippen LogP contribution < -0.4 is 15.7 Å². The van der Waals surface area contributed by atoms with E-state index in [4.69, 9.17) is 4.74 Å². The Morgan fingerprint density at radius 3 is 2.77 bits per heavy atom. The summed E-state index contributed by atoms with van der Waals surface area (Å²) < 4.78 is 46.1. The van der Waals surface area contributed by atoms with Crippen LogP contribution in [0.5, 0.6) is 5.88 Å². The highest BCUT2D eigenvalue weighted by Gasteiger charge is 2.14. The van der Waals surface area contributed by atoms with Gasteiger partial charge in [0.05, 0.1) is 0 Å². The van der Waals surface area contributed by atoms with Gasteiger partial charge in [-0.05, 0) is 12.5 Å². The lowest BCUT2D eigenvalue weighted by Gasteiger charge is -2.19. The van der Waals surface area contributed by atoms with E-state index in [0.717, 1.165) is 13.0 Å². The number of nitrogens with one attached hydrogen (secondary N) is 1. The lowest BCUT2D eigenvalue weighted by atomic mass is 10.2. The van der Waals surface area contributed by atoms with Crippen molar-refractivity contribution in [1.29, 1.82) is 0 Å². The Hall–Kier alpha value is -2.51. The first-order chi connectivity index (χ1) is 10.5. The summed E-state index contributed by atoms with van der Waals surface area (Å²) in [5, 5.41) is 3.03. The number of ether oxygens (including phenoxy) is 1. The van der Waals surface area contributed by atoms with Crippen molar-refractivity contribution in [3.8, 4) is 5.88 Å². The summed E-state index contributed by atoms with van der Waals surface area (Å²) in [6.07, 6.45) is 0.814. The molecule has 1 aliphatic rings. The van der Waals surface area contributed by atoms with Gasteiger partial charge in [-0.2, -0.15) is 4.98 Å². The summed E-state index contributed by atoms with van der Waals surface area (Å²) in [4.78, 5) is 15.5. The molecule has 8 heteroatoms. The van der Waals surface area contributed by atoms with Crippen LogP contribution in [0.1, 0.15) is 12.0 Å². The normalized spacial score (nSPS) is 13.4. The van der Waals surface area contributed by atoms with Gasteiger partial charge in [0.2, 0.25) is 5.88 Å². The van der Waals surface area contributed by atoms with Gasteiger partial charge in [-0.15, -0.1) is 0 Å². The number of rotatable bonds is 3. The Bertz CT molecular complexity index is 777. The van der Waals surface area contributed by atoms with Crippen LogP contribution in [0.2, 0.25) is 0 Å². The minimum Gasteiger partial charge on any atom is -0.472 e. The maximum atomic E-state index is 13.5. The second-order valence-corrected chi connectivity index (χ2v) is 4.84. The molecular formula is C14H12F3N3O2. The highest BCUT2D eigenvalue weighted by atomic mass is 19.2. The van der Waals surface area contributed by atoms with Crippen molar-refractivity contribution in [3.63, 3.8) is 0 Å². The van der Waals surface area contributed by atoms with E-state index in [1.807, 2.05) is 0 Å². The van der Waals surface area contributed by atoms with Crippen LogP contribution >= 0.6 is 0 Å². The van der Waals surface area contributed by atoms with E-state index >= 15 is 0 Å². The van der Waals surface area contributed by atoms with Gasteiger partial charge in [-0.1, -0.05) is 0 Å². The van der Waals surface area contributed by atoms with Crippen LogP contribution in [0.4, 0.5) is 19.0 Å². The van der Waals surface area contributed by atoms with Crippen LogP contribution in [-0.4, -0.2) is 16.1 Å². The van der Waals surface area contributed by atoms with Gasteiger partial charge in [0, 0.05) is 30.8 Å². The summed E-state index contributed by atoms with van der Waals surface area (Å²) in [6.45, 7) is 0.922. The summed E-state index contributed by atoms with van der Waals surface area (Å²) in [5.74, 6) is -2.80. The van der Waals surface area contributed by atoms with Gasteiger partial charge >= 0.3 is 5.69 Å². The second-order valence-electron chi connectivity index (χ2n) is 4.84. The SMILES string of the molecule is O=c1nc(OCc2cc(F)c(F)cc2F)cc2n1CCCN2. The summed E-state index contributed by atoms with van der Waals surface area (Å²) in [5.41, 5.74) is -0.642. The fourth-order valence-electron chi connectivity index (χ4n) is 2.20. The van der Waals surface area contributed by atoms with E-state index in [1.165, 1.54) is 10.6 Å². The molecule has 1 aliphatic heterocycles. The molecule has 1 aromatic carbocycles. The van der Waals surface area contributed by atoms with Gasteiger partial charge in [-0.25, -0.2) is 18.0 Å². The Labute approximate surface area is 123 Å². The highest BCUT2D eigenvalue weighted by Crippen LogP contribution is 2.19. The van der Waals surface area contributed by atoms with E-state index in [2.05, 4.69) is 10.3 Å². The van der Waals surface area contributed by atoms with E-state index in [1.54, 1.807) is 0 Å². The van der Waals surface area contributed by atoms with Crippen LogP contribution in [0.3, 0.4) is 0 Å². The molecular weight excluding hydrogens is 299 g/mol. The maximum Gasteiger partial charge on any atom is 0.352 e. The first-order valence-electron chi connectivity index (χ1n) is 6.66. The van der Waals surface area contributed by atoms with Crippen LogP contribution in [0, 0.1) is 17.5 Å². The van der Waals surface area contributed by atoms with Gasteiger partial charge in [0.25, 0.3) is 0 Å². The van der Waals surface area contributed by atoms with E-state index < -0.39 is 23.1 Å². The Kier molecular flexibility index (Phi) is 3.74. The molecule has 1 aromatic heterocycles. The predicted octanol–water partition coefficient (Wildman–Crippen LogP) is 2.06. The standard InChI is InChI=1S/C14H12F3N3O2/c15-9-5-11(17)10(16)4-8(9)7-22-13-6-12-18-2-1-3-20(12)14(21)19-13/h4-6,18H,1-3,7H2. The third-order valence-electron chi connectivity index (χ3n) is 3.32. The van der Waals surface area contributed by atoms with Gasteiger partial charge in [0.1, 0.15) is 18.2 Å². The van der Waals surface area contributed by atoms with Crippen LogP contribution in [0.25, 0.3) is 0 Å². The quantitative estimate of drug-likeness (QED) is 0.882. The molecule has 0 spiro atoms. The minimum absolute atomic E-state index is 0.00483. The van der Waals surface area contributed by atoms with Gasteiger partial charge in [0.15, 0.2) is 11.6 Å². The predicted molar refractivity (Wildman–Crippen MR) is 72.3 cm³/mol. The minimum atomic E-state index is -1.27. The molecule has 0 bridgehead atoms. The lowest BCUT2D eigenvalue weighted by Crippen LogP contribution is -2.30. The van der Waals surface area contributed by atoms with Crippen molar-refractivity contribution in [2.75, 3.05) is 11.9 Å². The molecule has 0 saturated heterocycles. The molecule has 2 heterocycles. The number of fused-ring (bicyclic) bond motifs is 1. The van der Waals surface area contributed by atoms with Crippen LogP contribution in [-0.2, 0) is 13.2 Å². The molecule has 0 fully saturated rings. The number of anilines is 1. The third kappa shape index (κ3) is 2.76. The summed E-state index contributed by atoms with van der Waals surface area (Å²) >= 11 is 0. The summed E-state index contributed by atoms with van der Waals surface area (Å²) in [7, 11) is 0. The fourth-order valence-corrected chi connectivity index (χ4v) is 2.20. The van der Waals surface area contributed by atoms with Crippen molar-refractivity contribution < 1.29 is 17.9 Å². The molecule has 116 valence electrons. The number of nitrogens with zero attached hydrogens (tertiary/aromatic N) is 2. The summed E-state index contributed by atoms with van der Waals surface area (Å²) in [6, 6.07) is 2.68. The molecule has 0 aliphatic carbocycles. The van der Waals surface area contributed by atoms with Crippen LogP contribution in [0.15, 0.2) is 23.0 Å². The van der Waals surface area contributed by atoms with Gasteiger partial charge in [-0.3, -0.25) is 4.57 Å². The number of halogens is 3. The molecule has 1 N–H and O–H groups in total. The second kappa shape index (κ2) is 5.70. The average Bonchev–Trinajstić information content (AvgIpc) is 2.50. The Morgan fingerprint density at radius 1 is 1.18 bits per heavy atom.